The molecule has 2 aromatic carbocycles. The van der Waals surface area contributed by atoms with Crippen LogP contribution in [0.15, 0.2) is 36.4 Å². The molecule has 0 radical (unpaired) electrons. The second-order valence-electron chi connectivity index (χ2n) is 3.97. The molecule has 0 bridgehead atoms. The molecule has 0 spiro atoms. The minimum atomic E-state index is -0.474. The molecule has 0 unspecified atom stereocenters. The molecule has 0 aromatic heterocycles. The molecule has 2 rings (SSSR count). The lowest BCUT2D eigenvalue weighted by molar-refractivity contribution is 0.304. The van der Waals surface area contributed by atoms with E-state index in [-0.39, 0.29) is 17.4 Å². The summed E-state index contributed by atoms with van der Waals surface area (Å²) in [5.74, 6) is -0.406. The van der Waals surface area contributed by atoms with Gasteiger partial charge in [0.05, 0.1) is 5.02 Å². The van der Waals surface area contributed by atoms with Crippen LogP contribution in [-0.4, -0.2) is 0 Å². The second-order valence-corrected chi connectivity index (χ2v) is 4.93. The largest absolute Gasteiger partial charge is 0.489 e. The molecule has 0 heterocycles. The van der Waals surface area contributed by atoms with Gasteiger partial charge < -0.3 is 4.74 Å². The number of benzene rings is 2. The fourth-order valence-corrected chi connectivity index (χ4v) is 2.10. The molecule has 0 aliphatic carbocycles. The van der Waals surface area contributed by atoms with E-state index in [4.69, 9.17) is 16.3 Å². The first kappa shape index (κ1) is 14.3. The average Bonchev–Trinajstić information content (AvgIpc) is 2.39. The molecule has 0 N–H and O–H groups in total. The first-order valence-electron chi connectivity index (χ1n) is 5.50. The van der Waals surface area contributed by atoms with Crippen molar-refractivity contribution >= 4 is 27.5 Å². The minimum Gasteiger partial charge on any atom is -0.489 e. The lowest BCUT2D eigenvalue weighted by Gasteiger charge is -2.08. The summed E-state index contributed by atoms with van der Waals surface area (Å²) in [6.45, 7) is 0.200. The smallest absolute Gasteiger partial charge is 0.141 e. The number of ether oxygens (including phenoxy) is 1. The lowest BCUT2D eigenvalue weighted by Crippen LogP contribution is -1.97. The van der Waals surface area contributed by atoms with Crippen molar-refractivity contribution in [2.45, 2.75) is 11.9 Å². The number of halogens is 4. The maximum absolute atomic E-state index is 13.3. The van der Waals surface area contributed by atoms with Gasteiger partial charge in [-0.05, 0) is 35.4 Å². The van der Waals surface area contributed by atoms with Crippen LogP contribution in [0.4, 0.5) is 8.78 Å². The molecule has 1 nitrogen and oxygen atoms in total. The van der Waals surface area contributed by atoms with Crippen LogP contribution in [-0.2, 0) is 11.9 Å². The normalized spacial score (nSPS) is 10.5. The van der Waals surface area contributed by atoms with Gasteiger partial charge in [0.1, 0.15) is 24.0 Å². The van der Waals surface area contributed by atoms with Crippen molar-refractivity contribution < 1.29 is 13.5 Å². The molecule has 0 atom stereocenters. The van der Waals surface area contributed by atoms with Crippen LogP contribution in [0.3, 0.4) is 0 Å². The van der Waals surface area contributed by atoms with Gasteiger partial charge >= 0.3 is 0 Å². The first-order valence-corrected chi connectivity index (χ1v) is 7.00. The Morgan fingerprint density at radius 3 is 2.53 bits per heavy atom. The highest BCUT2D eigenvalue weighted by Gasteiger charge is 2.04. The summed E-state index contributed by atoms with van der Waals surface area (Å²) in [6.07, 6.45) is 0. The quantitative estimate of drug-likeness (QED) is 0.700. The van der Waals surface area contributed by atoms with Gasteiger partial charge in [0.15, 0.2) is 0 Å². The van der Waals surface area contributed by atoms with Crippen LogP contribution in [0, 0.1) is 11.6 Å². The Hall–Kier alpha value is -1.13. The fourth-order valence-electron chi connectivity index (χ4n) is 1.58. The predicted molar refractivity (Wildman–Crippen MR) is 74.8 cm³/mol. The molecule has 0 aliphatic rings. The lowest BCUT2D eigenvalue weighted by atomic mass is 10.2. The van der Waals surface area contributed by atoms with Crippen LogP contribution in [0.1, 0.15) is 11.1 Å². The zero-order valence-corrected chi connectivity index (χ0v) is 12.1. The van der Waals surface area contributed by atoms with Crippen LogP contribution in [0.25, 0.3) is 0 Å². The van der Waals surface area contributed by atoms with Gasteiger partial charge in [-0.2, -0.15) is 0 Å². The Bertz CT molecular complexity index is 590. The maximum Gasteiger partial charge on any atom is 0.141 e. The minimum absolute atomic E-state index is 0.0430. The van der Waals surface area contributed by atoms with Crippen LogP contribution >= 0.6 is 27.5 Å². The highest BCUT2D eigenvalue weighted by atomic mass is 79.9. The number of hydrogen-bond acceptors (Lipinski definition) is 1. The number of alkyl halides is 1. The van der Waals surface area contributed by atoms with E-state index in [0.29, 0.717) is 11.1 Å². The molecule has 0 aliphatic heterocycles. The first-order chi connectivity index (χ1) is 9.08. The van der Waals surface area contributed by atoms with E-state index in [1.165, 1.54) is 24.3 Å². The van der Waals surface area contributed by atoms with Crippen molar-refractivity contribution in [3.8, 4) is 5.75 Å². The van der Waals surface area contributed by atoms with E-state index >= 15 is 0 Å². The SMILES string of the molecule is Fc1cc(CBr)cc(OCc2ccc(F)c(Cl)c2)c1. The molecule has 19 heavy (non-hydrogen) atoms. The molecule has 2 aromatic rings. The summed E-state index contributed by atoms with van der Waals surface area (Å²) in [5, 5.41) is 0.588. The third kappa shape index (κ3) is 3.91. The van der Waals surface area contributed by atoms with Gasteiger partial charge in [0.25, 0.3) is 0 Å². The summed E-state index contributed by atoms with van der Waals surface area (Å²) in [5.41, 5.74) is 1.50. The topological polar surface area (TPSA) is 9.23 Å². The number of rotatable bonds is 4. The van der Waals surface area contributed by atoms with Crippen molar-refractivity contribution in [1.29, 1.82) is 0 Å². The van der Waals surface area contributed by atoms with Crippen molar-refractivity contribution in [3.63, 3.8) is 0 Å². The van der Waals surface area contributed by atoms with E-state index in [2.05, 4.69) is 15.9 Å². The molecule has 0 saturated heterocycles. The maximum atomic E-state index is 13.3. The Kier molecular flexibility index (Phi) is 4.77. The molecule has 0 saturated carbocycles. The van der Waals surface area contributed by atoms with E-state index in [9.17, 15) is 8.78 Å². The molecule has 0 amide bonds. The zero-order valence-electron chi connectivity index (χ0n) is 9.80. The van der Waals surface area contributed by atoms with Gasteiger partial charge in [-0.15, -0.1) is 0 Å². The predicted octanol–water partition coefficient (Wildman–Crippen LogP) is 5.09. The number of hydrogen-bond donors (Lipinski definition) is 0. The van der Waals surface area contributed by atoms with Crippen LogP contribution < -0.4 is 4.74 Å². The van der Waals surface area contributed by atoms with Crippen LogP contribution in [0.5, 0.6) is 5.75 Å². The van der Waals surface area contributed by atoms with E-state index in [1.54, 1.807) is 12.1 Å². The Morgan fingerprint density at radius 1 is 1.05 bits per heavy atom. The Balaban J connectivity index is 2.09. The summed E-state index contributed by atoms with van der Waals surface area (Å²) < 4.78 is 31.7. The third-order valence-electron chi connectivity index (χ3n) is 2.47. The van der Waals surface area contributed by atoms with Gasteiger partial charge in [-0.3, -0.25) is 0 Å². The van der Waals surface area contributed by atoms with E-state index < -0.39 is 5.82 Å². The van der Waals surface area contributed by atoms with E-state index in [0.717, 1.165) is 11.1 Å². The molecule has 5 heteroatoms. The van der Waals surface area contributed by atoms with Gasteiger partial charge in [0, 0.05) is 11.4 Å². The standard InChI is InChI=1S/C14H10BrClF2O/c15-7-10-3-11(17)6-12(4-10)19-8-9-1-2-14(18)13(16)5-9/h1-6H,7-8H2. The Labute approximate surface area is 123 Å². The van der Waals surface area contributed by atoms with Crippen molar-refractivity contribution in [3.05, 3.63) is 64.2 Å². The fraction of sp³-hybridized carbons (Fsp3) is 0.143. The monoisotopic (exact) mass is 346 g/mol. The molecule has 0 fully saturated rings. The molecular formula is C14H10BrClF2O. The highest BCUT2D eigenvalue weighted by molar-refractivity contribution is 9.08. The summed E-state index contributed by atoms with van der Waals surface area (Å²) in [7, 11) is 0. The summed E-state index contributed by atoms with van der Waals surface area (Å²) in [4.78, 5) is 0. The average molecular weight is 348 g/mol. The van der Waals surface area contributed by atoms with Gasteiger partial charge in [-0.25, -0.2) is 8.78 Å². The molecular weight excluding hydrogens is 338 g/mol. The summed E-state index contributed by atoms with van der Waals surface area (Å²) >= 11 is 8.93. The van der Waals surface area contributed by atoms with Crippen molar-refractivity contribution in [2.75, 3.05) is 0 Å². The molecule has 100 valence electrons. The zero-order chi connectivity index (χ0) is 13.8. The second kappa shape index (κ2) is 6.35. The van der Waals surface area contributed by atoms with Crippen LogP contribution in [0.2, 0.25) is 5.02 Å². The van der Waals surface area contributed by atoms with Gasteiger partial charge in [-0.1, -0.05) is 33.6 Å². The van der Waals surface area contributed by atoms with Gasteiger partial charge in [0.2, 0.25) is 0 Å². The van der Waals surface area contributed by atoms with Crippen molar-refractivity contribution in [1.82, 2.24) is 0 Å². The highest BCUT2D eigenvalue weighted by Crippen LogP contribution is 2.21. The van der Waals surface area contributed by atoms with E-state index in [1.807, 2.05) is 0 Å². The third-order valence-corrected chi connectivity index (χ3v) is 3.41. The summed E-state index contributed by atoms with van der Waals surface area (Å²) in [6, 6.07) is 8.81. The Morgan fingerprint density at radius 2 is 1.84 bits per heavy atom. The van der Waals surface area contributed by atoms with Crippen molar-refractivity contribution in [2.24, 2.45) is 0 Å².